The lowest BCUT2D eigenvalue weighted by Gasteiger charge is -2.22. The topological polar surface area (TPSA) is 63.9 Å². The van der Waals surface area contributed by atoms with Gasteiger partial charge in [-0.1, -0.05) is 48.2 Å². The lowest BCUT2D eigenvalue weighted by Crippen LogP contribution is -2.31. The molecule has 2 heterocycles. The van der Waals surface area contributed by atoms with Crippen molar-refractivity contribution in [2.45, 2.75) is 37.1 Å². The number of nitrogens with zero attached hydrogens (tertiary/aromatic N) is 5. The number of hydrogen-bond acceptors (Lipinski definition) is 5. The molecule has 0 aliphatic carbocycles. The van der Waals surface area contributed by atoms with E-state index in [1.54, 1.807) is 4.68 Å². The number of tetrazole rings is 1. The predicted octanol–water partition coefficient (Wildman–Crippen LogP) is 3.73. The maximum Gasteiger partial charge on any atom is 0.240 e. The highest BCUT2D eigenvalue weighted by atomic mass is 32.2. The molecule has 1 saturated heterocycles. The lowest BCUT2D eigenvalue weighted by atomic mass is 10.1. The Morgan fingerprint density at radius 1 is 1.04 bits per heavy atom. The maximum atomic E-state index is 13.2. The molecule has 6 nitrogen and oxygen atoms in total. The SMILES string of the molecule is Cc1ccc(-n2nnnc2S[C@@H](C(=O)N2CCCC2)c2ccccc2)cc1C. The maximum absolute atomic E-state index is 13.2. The second-order valence-electron chi connectivity index (χ2n) is 7.08. The van der Waals surface area contributed by atoms with Gasteiger partial charge in [-0.3, -0.25) is 4.79 Å². The van der Waals surface area contributed by atoms with Crippen LogP contribution < -0.4 is 0 Å². The average Bonchev–Trinajstić information content (AvgIpc) is 3.40. The summed E-state index contributed by atoms with van der Waals surface area (Å²) < 4.78 is 1.71. The van der Waals surface area contributed by atoms with Crippen molar-refractivity contribution in [1.82, 2.24) is 25.1 Å². The molecule has 0 N–H and O–H groups in total. The van der Waals surface area contributed by atoms with E-state index in [1.807, 2.05) is 41.3 Å². The van der Waals surface area contributed by atoms with Crippen LogP contribution in [0.2, 0.25) is 0 Å². The van der Waals surface area contributed by atoms with E-state index in [4.69, 9.17) is 0 Å². The van der Waals surface area contributed by atoms with Crippen LogP contribution in [0.25, 0.3) is 5.69 Å². The zero-order chi connectivity index (χ0) is 19.5. The minimum Gasteiger partial charge on any atom is -0.341 e. The van der Waals surface area contributed by atoms with Crippen LogP contribution in [0.4, 0.5) is 0 Å². The number of aryl methyl sites for hydroxylation is 2. The van der Waals surface area contributed by atoms with E-state index in [0.29, 0.717) is 5.16 Å². The fourth-order valence-electron chi connectivity index (χ4n) is 3.37. The number of rotatable bonds is 5. The van der Waals surface area contributed by atoms with E-state index < -0.39 is 0 Å². The van der Waals surface area contributed by atoms with Crippen molar-refractivity contribution in [3.8, 4) is 5.69 Å². The fraction of sp³-hybridized carbons (Fsp3) is 0.333. The third-order valence-electron chi connectivity index (χ3n) is 5.14. The molecule has 1 aliphatic rings. The number of aromatic nitrogens is 4. The molecule has 1 amide bonds. The molecule has 0 spiro atoms. The molecule has 144 valence electrons. The van der Waals surface area contributed by atoms with E-state index in [9.17, 15) is 4.79 Å². The van der Waals surface area contributed by atoms with Gasteiger partial charge in [0.1, 0.15) is 5.25 Å². The van der Waals surface area contributed by atoms with Crippen LogP contribution in [0.15, 0.2) is 53.7 Å². The average molecular weight is 394 g/mol. The van der Waals surface area contributed by atoms with Gasteiger partial charge in [-0.15, -0.1) is 5.10 Å². The summed E-state index contributed by atoms with van der Waals surface area (Å²) in [5, 5.41) is 12.5. The molecular weight excluding hydrogens is 370 g/mol. The summed E-state index contributed by atoms with van der Waals surface area (Å²) in [4.78, 5) is 15.2. The van der Waals surface area contributed by atoms with Crippen molar-refractivity contribution < 1.29 is 4.79 Å². The molecule has 0 saturated carbocycles. The Labute approximate surface area is 168 Å². The molecular formula is C21H23N5OS. The van der Waals surface area contributed by atoms with Crippen molar-refractivity contribution >= 4 is 17.7 Å². The minimum absolute atomic E-state index is 0.128. The van der Waals surface area contributed by atoms with Gasteiger partial charge in [0.05, 0.1) is 5.69 Å². The van der Waals surface area contributed by atoms with E-state index in [2.05, 4.69) is 41.5 Å². The van der Waals surface area contributed by atoms with Crippen molar-refractivity contribution in [3.05, 3.63) is 65.2 Å². The molecule has 2 aromatic carbocycles. The van der Waals surface area contributed by atoms with Crippen LogP contribution >= 0.6 is 11.8 Å². The first kappa shape index (κ1) is 18.7. The lowest BCUT2D eigenvalue weighted by molar-refractivity contribution is -0.129. The third-order valence-corrected chi connectivity index (χ3v) is 6.32. The van der Waals surface area contributed by atoms with Crippen LogP contribution in [0.3, 0.4) is 0 Å². The second kappa shape index (κ2) is 8.14. The summed E-state index contributed by atoms with van der Waals surface area (Å²) in [5.74, 6) is 0.128. The predicted molar refractivity (Wildman–Crippen MR) is 109 cm³/mol. The van der Waals surface area contributed by atoms with Gasteiger partial charge in [-0.25, -0.2) is 0 Å². The molecule has 0 radical (unpaired) electrons. The first-order valence-electron chi connectivity index (χ1n) is 9.50. The highest BCUT2D eigenvalue weighted by molar-refractivity contribution is 8.00. The summed E-state index contributed by atoms with van der Waals surface area (Å²) in [5.41, 5.74) is 4.27. The number of carbonyl (C=O) groups excluding carboxylic acids is 1. The van der Waals surface area contributed by atoms with Crippen molar-refractivity contribution in [2.24, 2.45) is 0 Å². The van der Waals surface area contributed by atoms with Gasteiger partial charge in [-0.2, -0.15) is 4.68 Å². The van der Waals surface area contributed by atoms with E-state index in [-0.39, 0.29) is 11.2 Å². The fourth-order valence-corrected chi connectivity index (χ4v) is 4.45. The van der Waals surface area contributed by atoms with Crippen LogP contribution in [0, 0.1) is 13.8 Å². The molecule has 3 aromatic rings. The molecule has 1 fully saturated rings. The molecule has 1 aliphatic heterocycles. The Morgan fingerprint density at radius 2 is 1.79 bits per heavy atom. The summed E-state index contributed by atoms with van der Waals surface area (Å²) in [7, 11) is 0. The summed E-state index contributed by atoms with van der Waals surface area (Å²) >= 11 is 1.41. The first-order valence-corrected chi connectivity index (χ1v) is 10.4. The van der Waals surface area contributed by atoms with Crippen LogP contribution in [-0.2, 0) is 4.79 Å². The first-order chi connectivity index (χ1) is 13.6. The van der Waals surface area contributed by atoms with E-state index in [1.165, 1.54) is 22.9 Å². The Kier molecular flexibility index (Phi) is 5.43. The zero-order valence-electron chi connectivity index (χ0n) is 16.1. The van der Waals surface area contributed by atoms with Gasteiger partial charge in [0.15, 0.2) is 0 Å². The van der Waals surface area contributed by atoms with Gasteiger partial charge < -0.3 is 4.90 Å². The van der Waals surface area contributed by atoms with Gasteiger partial charge in [0, 0.05) is 13.1 Å². The van der Waals surface area contributed by atoms with Crippen LogP contribution in [0.5, 0.6) is 0 Å². The molecule has 1 aromatic heterocycles. The van der Waals surface area contributed by atoms with Gasteiger partial charge in [0.25, 0.3) is 0 Å². The number of likely N-dealkylation sites (tertiary alicyclic amines) is 1. The second-order valence-corrected chi connectivity index (χ2v) is 8.16. The van der Waals surface area contributed by atoms with E-state index in [0.717, 1.165) is 37.2 Å². The van der Waals surface area contributed by atoms with Gasteiger partial charge in [0.2, 0.25) is 11.1 Å². The normalized spacial score (nSPS) is 15.0. The summed E-state index contributed by atoms with van der Waals surface area (Å²) in [6.45, 7) is 5.80. The zero-order valence-corrected chi connectivity index (χ0v) is 16.9. The van der Waals surface area contributed by atoms with Crippen LogP contribution in [-0.4, -0.2) is 44.1 Å². The molecule has 0 unspecified atom stereocenters. The largest absolute Gasteiger partial charge is 0.341 e. The molecule has 0 bridgehead atoms. The van der Waals surface area contributed by atoms with Crippen molar-refractivity contribution in [3.63, 3.8) is 0 Å². The molecule has 7 heteroatoms. The van der Waals surface area contributed by atoms with Crippen molar-refractivity contribution in [1.29, 1.82) is 0 Å². The standard InChI is InChI=1S/C21H23N5OS/c1-15-10-11-18(14-16(15)2)26-21(22-23-24-26)28-19(17-8-4-3-5-9-17)20(27)25-12-6-7-13-25/h3-5,8-11,14,19H,6-7,12-13H2,1-2H3/t19-/m1/s1. The van der Waals surface area contributed by atoms with E-state index >= 15 is 0 Å². The monoisotopic (exact) mass is 393 g/mol. The van der Waals surface area contributed by atoms with Gasteiger partial charge >= 0.3 is 0 Å². The van der Waals surface area contributed by atoms with Gasteiger partial charge in [-0.05, 0) is 65.9 Å². The Balaban J connectivity index is 1.67. The number of thioether (sulfide) groups is 1. The number of amides is 1. The highest BCUT2D eigenvalue weighted by Gasteiger charge is 2.30. The quantitative estimate of drug-likeness (QED) is 0.618. The number of carbonyl (C=O) groups is 1. The Morgan fingerprint density at radius 3 is 2.50 bits per heavy atom. The molecule has 4 rings (SSSR count). The Bertz CT molecular complexity index is 966. The summed E-state index contributed by atoms with van der Waals surface area (Å²) in [6.07, 6.45) is 2.14. The smallest absolute Gasteiger partial charge is 0.240 e. The summed E-state index contributed by atoms with van der Waals surface area (Å²) in [6, 6.07) is 16.0. The third kappa shape index (κ3) is 3.80. The van der Waals surface area contributed by atoms with Crippen LogP contribution in [0.1, 0.15) is 34.8 Å². The molecule has 1 atom stereocenters. The number of benzene rings is 2. The number of hydrogen-bond donors (Lipinski definition) is 0. The molecule has 28 heavy (non-hydrogen) atoms. The minimum atomic E-state index is -0.365. The Hall–Kier alpha value is -2.67. The van der Waals surface area contributed by atoms with Crippen molar-refractivity contribution in [2.75, 3.05) is 13.1 Å². The highest BCUT2D eigenvalue weighted by Crippen LogP contribution is 2.37.